The first-order valence-electron chi connectivity index (χ1n) is 6.84. The maximum absolute atomic E-state index is 12.0. The van der Waals surface area contributed by atoms with Crippen molar-refractivity contribution in [2.45, 2.75) is 37.8 Å². The average molecular weight is 297 g/mol. The Balaban J connectivity index is 1.91. The van der Waals surface area contributed by atoms with E-state index in [2.05, 4.69) is 24.5 Å². The van der Waals surface area contributed by atoms with Crippen molar-refractivity contribution < 1.29 is 9.90 Å². The lowest BCUT2D eigenvalue weighted by molar-refractivity contribution is -0.123. The number of halogens is 1. The van der Waals surface area contributed by atoms with Crippen molar-refractivity contribution in [2.75, 3.05) is 13.1 Å². The van der Waals surface area contributed by atoms with E-state index in [1.165, 1.54) is 0 Å². The van der Waals surface area contributed by atoms with Gasteiger partial charge in [-0.1, -0.05) is 37.6 Å². The summed E-state index contributed by atoms with van der Waals surface area (Å²) in [6.45, 7) is 5.18. The first kappa shape index (κ1) is 15.3. The fraction of sp³-hybridized carbons (Fsp3) is 0.533. The summed E-state index contributed by atoms with van der Waals surface area (Å²) in [5.41, 5.74) is 0.957. The van der Waals surface area contributed by atoms with Crippen LogP contribution in [0.25, 0.3) is 0 Å². The molecule has 0 saturated carbocycles. The Morgan fingerprint density at radius 1 is 1.45 bits per heavy atom. The van der Waals surface area contributed by atoms with E-state index < -0.39 is 6.10 Å². The maximum Gasteiger partial charge on any atom is 0.237 e. The number of rotatable bonds is 4. The summed E-state index contributed by atoms with van der Waals surface area (Å²) in [6, 6.07) is 7.38. The van der Waals surface area contributed by atoms with Gasteiger partial charge in [-0.15, -0.1) is 0 Å². The molecule has 1 heterocycles. The second-order valence-electron chi connectivity index (χ2n) is 5.96. The van der Waals surface area contributed by atoms with Gasteiger partial charge in [-0.3, -0.25) is 4.79 Å². The number of β-amino-alcohol motifs (C(OH)–C–C–N with tert-alkyl or cyclic N) is 1. The van der Waals surface area contributed by atoms with Gasteiger partial charge in [-0.05, 0) is 24.1 Å². The molecule has 2 rings (SSSR count). The van der Waals surface area contributed by atoms with Crippen molar-refractivity contribution in [3.8, 4) is 0 Å². The van der Waals surface area contributed by atoms with Gasteiger partial charge >= 0.3 is 0 Å². The van der Waals surface area contributed by atoms with Gasteiger partial charge in [0, 0.05) is 23.5 Å². The first-order valence-corrected chi connectivity index (χ1v) is 7.21. The third-order valence-corrected chi connectivity index (χ3v) is 4.01. The Morgan fingerprint density at radius 2 is 2.10 bits per heavy atom. The zero-order valence-corrected chi connectivity index (χ0v) is 12.6. The van der Waals surface area contributed by atoms with E-state index in [0.717, 1.165) is 5.56 Å². The van der Waals surface area contributed by atoms with Crippen LogP contribution in [-0.2, 0) is 10.2 Å². The molecule has 0 aromatic heterocycles. The lowest BCUT2D eigenvalue weighted by Gasteiger charge is -2.26. The molecule has 3 N–H and O–H groups in total. The molecule has 0 spiro atoms. The third kappa shape index (κ3) is 3.72. The molecule has 1 saturated heterocycles. The van der Waals surface area contributed by atoms with Gasteiger partial charge in [0.15, 0.2) is 0 Å². The Hall–Kier alpha value is -1.10. The van der Waals surface area contributed by atoms with Crippen LogP contribution < -0.4 is 10.6 Å². The first-order chi connectivity index (χ1) is 9.38. The predicted octanol–water partition coefficient (Wildman–Crippen LogP) is 1.46. The largest absolute Gasteiger partial charge is 0.392 e. The van der Waals surface area contributed by atoms with Crippen molar-refractivity contribution in [1.29, 1.82) is 0 Å². The lowest BCUT2D eigenvalue weighted by Crippen LogP contribution is -2.45. The molecular formula is C15H21ClN2O2. The van der Waals surface area contributed by atoms with Crippen molar-refractivity contribution in [2.24, 2.45) is 0 Å². The van der Waals surface area contributed by atoms with Gasteiger partial charge in [0.2, 0.25) is 5.91 Å². The Kier molecular flexibility index (Phi) is 4.68. The van der Waals surface area contributed by atoms with Gasteiger partial charge < -0.3 is 15.7 Å². The summed E-state index contributed by atoms with van der Waals surface area (Å²) in [5.74, 6) is -0.0522. The molecule has 110 valence electrons. The molecule has 1 aliphatic heterocycles. The number of nitrogens with one attached hydrogen (secondary N) is 2. The van der Waals surface area contributed by atoms with Crippen LogP contribution in [-0.4, -0.2) is 36.2 Å². The van der Waals surface area contributed by atoms with Gasteiger partial charge in [-0.2, -0.15) is 0 Å². The second kappa shape index (κ2) is 6.12. The normalized spacial score (nSPS) is 22.8. The molecule has 1 fully saturated rings. The quantitative estimate of drug-likeness (QED) is 0.788. The molecule has 5 heteroatoms. The molecule has 0 aliphatic carbocycles. The summed E-state index contributed by atoms with van der Waals surface area (Å²) in [4.78, 5) is 12.0. The van der Waals surface area contributed by atoms with Crippen LogP contribution in [0.1, 0.15) is 25.8 Å². The summed E-state index contributed by atoms with van der Waals surface area (Å²) in [5, 5.41) is 16.1. The van der Waals surface area contributed by atoms with E-state index in [1.807, 2.05) is 24.3 Å². The van der Waals surface area contributed by atoms with Crippen LogP contribution in [0.2, 0.25) is 5.02 Å². The fourth-order valence-corrected chi connectivity index (χ4v) is 2.48. The van der Waals surface area contributed by atoms with E-state index in [1.54, 1.807) is 0 Å². The number of benzene rings is 1. The lowest BCUT2D eigenvalue weighted by atomic mass is 9.84. The van der Waals surface area contributed by atoms with Crippen molar-refractivity contribution in [1.82, 2.24) is 10.6 Å². The van der Waals surface area contributed by atoms with E-state index in [-0.39, 0.29) is 17.4 Å². The second-order valence-corrected chi connectivity index (χ2v) is 6.40. The van der Waals surface area contributed by atoms with E-state index >= 15 is 0 Å². The molecule has 0 bridgehead atoms. The summed E-state index contributed by atoms with van der Waals surface area (Å²) < 4.78 is 0. The van der Waals surface area contributed by atoms with Crippen LogP contribution >= 0.6 is 11.6 Å². The third-order valence-electron chi connectivity index (χ3n) is 3.75. The minimum absolute atomic E-state index is 0.0522. The molecule has 1 amide bonds. The Labute approximate surface area is 124 Å². The standard InChI is InChI=1S/C15H21ClN2O2/c1-15(2,10-3-5-11(16)6-4-10)9-18-14(20)13-7-12(19)8-17-13/h3-6,12-13,17,19H,7-9H2,1-2H3,(H,18,20)/t12-,13-/m1/s1. The zero-order chi connectivity index (χ0) is 14.8. The molecule has 4 nitrogen and oxygen atoms in total. The SMILES string of the molecule is CC(C)(CNC(=O)[C@H]1C[C@@H](O)CN1)c1ccc(Cl)cc1. The van der Waals surface area contributed by atoms with Crippen LogP contribution in [0.15, 0.2) is 24.3 Å². The summed E-state index contributed by atoms with van der Waals surface area (Å²) in [7, 11) is 0. The highest BCUT2D eigenvalue weighted by atomic mass is 35.5. The molecular weight excluding hydrogens is 276 g/mol. The number of aliphatic hydroxyl groups is 1. The van der Waals surface area contributed by atoms with Crippen molar-refractivity contribution in [3.63, 3.8) is 0 Å². The molecule has 20 heavy (non-hydrogen) atoms. The number of carbonyl (C=O) groups is 1. The summed E-state index contributed by atoms with van der Waals surface area (Å²) in [6.07, 6.45) is 0.0581. The van der Waals surface area contributed by atoms with Gasteiger partial charge in [-0.25, -0.2) is 0 Å². The topological polar surface area (TPSA) is 61.4 Å². The summed E-state index contributed by atoms with van der Waals surface area (Å²) >= 11 is 5.89. The van der Waals surface area contributed by atoms with Crippen LogP contribution in [0, 0.1) is 0 Å². The number of aliphatic hydroxyl groups excluding tert-OH is 1. The maximum atomic E-state index is 12.0. The van der Waals surface area contributed by atoms with E-state index in [0.29, 0.717) is 24.5 Å². The Morgan fingerprint density at radius 3 is 2.65 bits per heavy atom. The van der Waals surface area contributed by atoms with E-state index in [4.69, 9.17) is 11.6 Å². The fourth-order valence-electron chi connectivity index (χ4n) is 2.35. The van der Waals surface area contributed by atoms with Crippen LogP contribution in [0.4, 0.5) is 0 Å². The van der Waals surface area contributed by atoms with Gasteiger partial charge in [0.05, 0.1) is 12.1 Å². The van der Waals surface area contributed by atoms with E-state index in [9.17, 15) is 9.90 Å². The predicted molar refractivity (Wildman–Crippen MR) is 79.9 cm³/mol. The Bertz CT molecular complexity index is 473. The average Bonchev–Trinajstić information content (AvgIpc) is 2.83. The van der Waals surface area contributed by atoms with Crippen LogP contribution in [0.3, 0.4) is 0 Å². The number of amides is 1. The molecule has 1 aromatic carbocycles. The highest BCUT2D eigenvalue weighted by Gasteiger charge is 2.29. The molecule has 0 unspecified atom stereocenters. The minimum Gasteiger partial charge on any atom is -0.392 e. The molecule has 0 radical (unpaired) electrons. The number of hydrogen-bond donors (Lipinski definition) is 3. The smallest absolute Gasteiger partial charge is 0.237 e. The highest BCUT2D eigenvalue weighted by Crippen LogP contribution is 2.24. The van der Waals surface area contributed by atoms with Crippen molar-refractivity contribution in [3.05, 3.63) is 34.9 Å². The molecule has 1 aliphatic rings. The molecule has 2 atom stereocenters. The van der Waals surface area contributed by atoms with Crippen LogP contribution in [0.5, 0.6) is 0 Å². The van der Waals surface area contributed by atoms with Gasteiger partial charge in [0.1, 0.15) is 0 Å². The highest BCUT2D eigenvalue weighted by molar-refractivity contribution is 6.30. The van der Waals surface area contributed by atoms with Gasteiger partial charge in [0.25, 0.3) is 0 Å². The zero-order valence-electron chi connectivity index (χ0n) is 11.8. The number of hydrogen-bond acceptors (Lipinski definition) is 3. The minimum atomic E-state index is -0.421. The monoisotopic (exact) mass is 296 g/mol. The van der Waals surface area contributed by atoms with Crippen molar-refractivity contribution >= 4 is 17.5 Å². The number of carbonyl (C=O) groups excluding carboxylic acids is 1. The molecule has 1 aromatic rings.